The van der Waals surface area contributed by atoms with Crippen LogP contribution in [0.25, 0.3) is 0 Å². The Morgan fingerprint density at radius 1 is 1.05 bits per heavy atom. The number of rotatable bonds is 6. The Labute approximate surface area is 124 Å². The van der Waals surface area contributed by atoms with Gasteiger partial charge in [-0.25, -0.2) is 0 Å². The Bertz CT molecular complexity index is 593. The van der Waals surface area contributed by atoms with Gasteiger partial charge in [-0.15, -0.1) is 0 Å². The van der Waals surface area contributed by atoms with Crippen molar-refractivity contribution in [3.05, 3.63) is 78.4 Å². The molecule has 1 amide bonds. The normalized spacial score (nSPS) is 11.7. The minimum Gasteiger partial charge on any atom is -0.388 e. The van der Waals surface area contributed by atoms with E-state index in [9.17, 15) is 9.90 Å². The average Bonchev–Trinajstić information content (AvgIpc) is 2.53. The van der Waals surface area contributed by atoms with Gasteiger partial charge in [-0.3, -0.25) is 4.79 Å². The van der Waals surface area contributed by atoms with E-state index in [0.29, 0.717) is 18.5 Å². The fourth-order valence-electron chi connectivity index (χ4n) is 2.01. The van der Waals surface area contributed by atoms with Crippen LogP contribution in [0.5, 0.6) is 0 Å². The second-order valence-corrected chi connectivity index (χ2v) is 4.89. The lowest BCUT2D eigenvalue weighted by Crippen LogP contribution is -2.23. The van der Waals surface area contributed by atoms with E-state index in [-0.39, 0.29) is 11.5 Å². The molecule has 2 N–H and O–H groups in total. The third-order valence-corrected chi connectivity index (χ3v) is 3.27. The van der Waals surface area contributed by atoms with Crippen LogP contribution in [0.3, 0.4) is 0 Å². The van der Waals surface area contributed by atoms with Gasteiger partial charge in [-0.2, -0.15) is 0 Å². The molecule has 108 valence electrons. The number of aryl methyl sites for hydroxylation is 1. The average molecular weight is 281 g/mol. The summed E-state index contributed by atoms with van der Waals surface area (Å²) in [6.45, 7) is 3.70. The summed E-state index contributed by atoms with van der Waals surface area (Å²) in [5.74, 6) is -0.346. The summed E-state index contributed by atoms with van der Waals surface area (Å²) in [5.41, 5.74) is 2.02. The quantitative estimate of drug-likeness (QED) is 0.799. The Kier molecular flexibility index (Phi) is 5.29. The summed E-state index contributed by atoms with van der Waals surface area (Å²) in [5, 5.41) is 12.8. The van der Waals surface area contributed by atoms with Gasteiger partial charge in [-0.05, 0) is 30.5 Å². The molecule has 0 saturated carbocycles. The molecular weight excluding hydrogens is 262 g/mol. The number of amides is 1. The van der Waals surface area contributed by atoms with E-state index < -0.39 is 6.10 Å². The van der Waals surface area contributed by atoms with Crippen LogP contribution in [0.15, 0.2) is 72.8 Å². The molecule has 0 heterocycles. The molecule has 0 fully saturated rings. The van der Waals surface area contributed by atoms with Crippen LogP contribution in [0.4, 0.5) is 5.69 Å². The van der Waals surface area contributed by atoms with Crippen molar-refractivity contribution < 1.29 is 9.90 Å². The number of hydrogen-bond acceptors (Lipinski definition) is 2. The first-order chi connectivity index (χ1) is 10.2. The molecular formula is C18H19NO2. The number of aliphatic hydroxyl groups is 1. The van der Waals surface area contributed by atoms with Crippen molar-refractivity contribution in [3.8, 4) is 0 Å². The fourth-order valence-corrected chi connectivity index (χ4v) is 2.01. The second-order valence-electron chi connectivity index (χ2n) is 4.89. The Morgan fingerprint density at radius 3 is 2.24 bits per heavy atom. The maximum atomic E-state index is 12.0. The van der Waals surface area contributed by atoms with E-state index in [1.807, 2.05) is 48.5 Å². The summed E-state index contributed by atoms with van der Waals surface area (Å²) in [4.78, 5) is 12.0. The number of benzene rings is 2. The van der Waals surface area contributed by atoms with Gasteiger partial charge in [-0.1, -0.05) is 55.1 Å². The topological polar surface area (TPSA) is 49.3 Å². The van der Waals surface area contributed by atoms with Crippen LogP contribution < -0.4 is 5.32 Å². The highest BCUT2D eigenvalue weighted by Crippen LogP contribution is 2.13. The number of nitrogens with one attached hydrogen (secondary N) is 1. The number of aliphatic hydroxyl groups excluding tert-OH is 1. The molecule has 21 heavy (non-hydrogen) atoms. The van der Waals surface area contributed by atoms with Crippen molar-refractivity contribution in [1.29, 1.82) is 0 Å². The molecule has 0 aliphatic heterocycles. The molecule has 2 aromatic rings. The molecule has 1 unspecified atom stereocenters. The summed E-state index contributed by atoms with van der Waals surface area (Å²) >= 11 is 0. The number of carbonyl (C=O) groups is 1. The lowest BCUT2D eigenvalue weighted by Gasteiger charge is -2.14. The number of hydrogen-bond donors (Lipinski definition) is 2. The van der Waals surface area contributed by atoms with Gasteiger partial charge < -0.3 is 10.4 Å². The predicted molar refractivity (Wildman–Crippen MR) is 85.0 cm³/mol. The van der Waals surface area contributed by atoms with E-state index in [1.165, 1.54) is 0 Å². The second kappa shape index (κ2) is 7.41. The highest BCUT2D eigenvalue weighted by atomic mass is 16.3. The van der Waals surface area contributed by atoms with Crippen LogP contribution in [-0.4, -0.2) is 17.1 Å². The van der Waals surface area contributed by atoms with E-state index in [4.69, 9.17) is 0 Å². The van der Waals surface area contributed by atoms with E-state index >= 15 is 0 Å². The Hall–Kier alpha value is -2.39. The summed E-state index contributed by atoms with van der Waals surface area (Å²) < 4.78 is 0. The van der Waals surface area contributed by atoms with Crippen LogP contribution >= 0.6 is 0 Å². The number of carbonyl (C=O) groups excluding carboxylic acids is 1. The maximum Gasteiger partial charge on any atom is 0.253 e. The fraction of sp³-hybridized carbons (Fsp3) is 0.167. The number of para-hydroxylation sites is 1. The minimum absolute atomic E-state index is 0.190. The zero-order valence-electron chi connectivity index (χ0n) is 11.8. The lowest BCUT2D eigenvalue weighted by atomic mass is 10.0. The SMILES string of the molecule is C=C(C(=O)Nc1ccccc1)C(O)CCc1ccccc1. The van der Waals surface area contributed by atoms with Crippen molar-refractivity contribution in [1.82, 2.24) is 0 Å². The first-order valence-corrected chi connectivity index (χ1v) is 6.94. The smallest absolute Gasteiger partial charge is 0.253 e. The highest BCUT2D eigenvalue weighted by molar-refractivity contribution is 6.03. The van der Waals surface area contributed by atoms with Crippen LogP contribution in [0.2, 0.25) is 0 Å². The van der Waals surface area contributed by atoms with E-state index in [2.05, 4.69) is 11.9 Å². The Balaban J connectivity index is 1.85. The van der Waals surface area contributed by atoms with Gasteiger partial charge in [0, 0.05) is 11.3 Å². The molecule has 0 aromatic heterocycles. The summed E-state index contributed by atoms with van der Waals surface area (Å²) in [6, 6.07) is 19.0. The molecule has 3 nitrogen and oxygen atoms in total. The van der Waals surface area contributed by atoms with Crippen molar-refractivity contribution in [3.63, 3.8) is 0 Å². The van der Waals surface area contributed by atoms with Crippen LogP contribution in [0, 0.1) is 0 Å². The third kappa shape index (κ3) is 4.58. The zero-order valence-corrected chi connectivity index (χ0v) is 11.8. The summed E-state index contributed by atoms with van der Waals surface area (Å²) in [6.07, 6.45) is 0.346. The standard InChI is InChI=1S/C18H19NO2/c1-14(18(21)19-16-10-6-3-7-11-16)17(20)13-12-15-8-4-2-5-9-15/h2-11,17,20H,1,12-13H2,(H,19,21). The molecule has 0 bridgehead atoms. The molecule has 0 spiro atoms. The van der Waals surface area contributed by atoms with Gasteiger partial charge in [0.15, 0.2) is 0 Å². The van der Waals surface area contributed by atoms with Gasteiger partial charge >= 0.3 is 0 Å². The largest absolute Gasteiger partial charge is 0.388 e. The van der Waals surface area contributed by atoms with E-state index in [0.717, 1.165) is 5.56 Å². The van der Waals surface area contributed by atoms with Crippen molar-refractivity contribution in [2.75, 3.05) is 5.32 Å². The summed E-state index contributed by atoms with van der Waals surface area (Å²) in [7, 11) is 0. The molecule has 0 aliphatic carbocycles. The van der Waals surface area contributed by atoms with Gasteiger partial charge in [0.05, 0.1) is 6.10 Å². The van der Waals surface area contributed by atoms with Crippen molar-refractivity contribution >= 4 is 11.6 Å². The molecule has 0 saturated heterocycles. The lowest BCUT2D eigenvalue weighted by molar-refractivity contribution is -0.113. The molecule has 0 aliphatic rings. The first-order valence-electron chi connectivity index (χ1n) is 6.94. The molecule has 3 heteroatoms. The Morgan fingerprint density at radius 2 is 1.62 bits per heavy atom. The van der Waals surface area contributed by atoms with Crippen LogP contribution in [-0.2, 0) is 11.2 Å². The minimum atomic E-state index is -0.839. The molecule has 2 rings (SSSR count). The monoisotopic (exact) mass is 281 g/mol. The van der Waals surface area contributed by atoms with Gasteiger partial charge in [0.2, 0.25) is 0 Å². The number of anilines is 1. The van der Waals surface area contributed by atoms with Crippen molar-refractivity contribution in [2.24, 2.45) is 0 Å². The molecule has 2 aromatic carbocycles. The highest BCUT2D eigenvalue weighted by Gasteiger charge is 2.16. The molecule has 0 radical (unpaired) electrons. The predicted octanol–water partition coefficient (Wildman–Crippen LogP) is 3.18. The van der Waals surface area contributed by atoms with E-state index in [1.54, 1.807) is 12.1 Å². The van der Waals surface area contributed by atoms with Crippen molar-refractivity contribution in [2.45, 2.75) is 18.9 Å². The van der Waals surface area contributed by atoms with Crippen LogP contribution in [0.1, 0.15) is 12.0 Å². The zero-order chi connectivity index (χ0) is 15.1. The first kappa shape index (κ1) is 15.0. The molecule has 1 atom stereocenters. The third-order valence-electron chi connectivity index (χ3n) is 3.27. The van der Waals surface area contributed by atoms with Gasteiger partial charge in [0.1, 0.15) is 0 Å². The van der Waals surface area contributed by atoms with Gasteiger partial charge in [0.25, 0.3) is 5.91 Å². The maximum absolute atomic E-state index is 12.0.